The van der Waals surface area contributed by atoms with Gasteiger partial charge in [-0.05, 0) is 42.0 Å². The fourth-order valence-corrected chi connectivity index (χ4v) is 6.94. The zero-order chi connectivity index (χ0) is 25.3. The minimum Gasteiger partial charge on any atom is -0.377 e. The van der Waals surface area contributed by atoms with E-state index in [-0.39, 0.29) is 17.8 Å². The maximum atomic E-state index is 13.3. The zero-order valence-corrected chi connectivity index (χ0v) is 21.4. The number of nitrogens with zero attached hydrogens (tertiary/aromatic N) is 3. The summed E-state index contributed by atoms with van der Waals surface area (Å²) in [6.45, 7) is 4.22. The Bertz CT molecular complexity index is 1170. The highest BCUT2D eigenvalue weighted by molar-refractivity contribution is 5.30. The van der Waals surface area contributed by atoms with E-state index < -0.39 is 5.60 Å². The molecule has 1 aliphatic carbocycles. The molecule has 1 aromatic heterocycles. The number of rotatable bonds is 8. The normalized spacial score (nSPS) is 27.7. The van der Waals surface area contributed by atoms with Gasteiger partial charge >= 0.3 is 0 Å². The van der Waals surface area contributed by atoms with Gasteiger partial charge in [0.2, 0.25) is 5.82 Å². The van der Waals surface area contributed by atoms with Gasteiger partial charge in [0, 0.05) is 18.8 Å². The summed E-state index contributed by atoms with van der Waals surface area (Å²) < 4.78 is 26.3. The molecule has 1 N–H and O–H groups in total. The van der Waals surface area contributed by atoms with Gasteiger partial charge in [-0.25, -0.2) is 4.39 Å². The Morgan fingerprint density at radius 3 is 2.43 bits per heavy atom. The summed E-state index contributed by atoms with van der Waals surface area (Å²) >= 11 is 0. The molecular formula is C30H37FN3O3+. The van der Waals surface area contributed by atoms with Gasteiger partial charge in [0.05, 0.1) is 19.7 Å². The molecule has 3 saturated heterocycles. The molecule has 2 bridgehead atoms. The number of piperidine rings is 3. The number of fused-ring (bicyclic) bond motifs is 3. The summed E-state index contributed by atoms with van der Waals surface area (Å²) in [6, 6.07) is 16.4. The molecule has 7 rings (SSSR count). The molecule has 2 aromatic carbocycles. The van der Waals surface area contributed by atoms with Crippen LogP contribution in [0.3, 0.4) is 0 Å². The molecule has 0 spiro atoms. The van der Waals surface area contributed by atoms with Gasteiger partial charge in [-0.2, -0.15) is 4.98 Å². The van der Waals surface area contributed by atoms with E-state index in [1.807, 2.05) is 30.3 Å². The van der Waals surface area contributed by atoms with Crippen LogP contribution in [0.4, 0.5) is 4.39 Å². The molecular weight excluding hydrogens is 469 g/mol. The lowest BCUT2D eigenvalue weighted by Crippen LogP contribution is -2.63. The van der Waals surface area contributed by atoms with Crippen molar-refractivity contribution in [3.63, 3.8) is 0 Å². The van der Waals surface area contributed by atoms with Gasteiger partial charge in [0.25, 0.3) is 5.89 Å². The van der Waals surface area contributed by atoms with Crippen LogP contribution in [-0.4, -0.2) is 45.5 Å². The Morgan fingerprint density at radius 2 is 1.70 bits per heavy atom. The quantitative estimate of drug-likeness (QED) is 0.417. The SMILES string of the molecule is O[C@](c1ccccc1)(c1noc(C[N+]23CCC(CC2)C(OCc2ccc(F)cc2)C3)n1)C1CCCCC1. The van der Waals surface area contributed by atoms with Gasteiger partial charge < -0.3 is 18.8 Å². The first-order valence-corrected chi connectivity index (χ1v) is 13.9. The Morgan fingerprint density at radius 1 is 0.973 bits per heavy atom. The maximum absolute atomic E-state index is 13.3. The molecule has 196 valence electrons. The molecule has 0 radical (unpaired) electrons. The van der Waals surface area contributed by atoms with Crippen molar-refractivity contribution in [2.24, 2.45) is 11.8 Å². The molecule has 1 unspecified atom stereocenters. The lowest BCUT2D eigenvalue weighted by atomic mass is 9.73. The van der Waals surface area contributed by atoms with Crippen molar-refractivity contribution < 1.29 is 23.2 Å². The largest absolute Gasteiger partial charge is 0.377 e. The zero-order valence-electron chi connectivity index (χ0n) is 21.4. The summed E-state index contributed by atoms with van der Waals surface area (Å²) in [7, 11) is 0. The van der Waals surface area contributed by atoms with Crippen LogP contribution in [0, 0.1) is 17.7 Å². The van der Waals surface area contributed by atoms with Crippen LogP contribution in [0.5, 0.6) is 0 Å². The minimum absolute atomic E-state index is 0.0797. The fraction of sp³-hybridized carbons (Fsp3) is 0.533. The Balaban J connectivity index is 1.19. The highest BCUT2D eigenvalue weighted by atomic mass is 19.1. The van der Waals surface area contributed by atoms with Gasteiger partial charge in [0.15, 0.2) is 12.1 Å². The van der Waals surface area contributed by atoms with E-state index >= 15 is 0 Å². The van der Waals surface area contributed by atoms with Crippen molar-refractivity contribution >= 4 is 0 Å². The number of hydrogen-bond acceptors (Lipinski definition) is 5. The fourth-order valence-electron chi connectivity index (χ4n) is 6.94. The maximum Gasteiger partial charge on any atom is 0.282 e. The highest BCUT2D eigenvalue weighted by Gasteiger charge is 2.49. The standard InChI is InChI=1S/C30H37FN3O3/c31-26-13-11-22(12-14-26)21-36-27-19-34(17-15-23(27)16-18-34)20-28-32-29(33-37-28)30(35,24-7-3-1-4-8-24)25-9-5-2-6-10-25/h1,3-4,7-8,11-14,23,25,27,35H,2,5-6,9-10,15-21H2/q+1/t23?,27?,30-,34?/m0/s1. The van der Waals surface area contributed by atoms with E-state index in [0.29, 0.717) is 30.8 Å². The van der Waals surface area contributed by atoms with Crippen molar-refractivity contribution in [2.45, 2.75) is 69.8 Å². The average molecular weight is 507 g/mol. The second-order valence-electron chi connectivity index (χ2n) is 11.4. The van der Waals surface area contributed by atoms with E-state index in [1.165, 1.54) is 18.6 Å². The number of ether oxygens (including phenoxy) is 1. The number of aromatic nitrogens is 2. The molecule has 4 aliphatic rings. The summed E-state index contributed by atoms with van der Waals surface area (Å²) in [4.78, 5) is 4.85. The molecule has 1 saturated carbocycles. The Labute approximate surface area is 218 Å². The first kappa shape index (κ1) is 24.7. The monoisotopic (exact) mass is 506 g/mol. The molecule has 0 amide bonds. The highest BCUT2D eigenvalue weighted by Crippen LogP contribution is 2.43. The molecule has 3 aliphatic heterocycles. The molecule has 6 nitrogen and oxygen atoms in total. The lowest BCUT2D eigenvalue weighted by molar-refractivity contribution is -0.959. The molecule has 2 atom stereocenters. The summed E-state index contributed by atoms with van der Waals surface area (Å²) in [6.07, 6.45) is 7.77. The van der Waals surface area contributed by atoms with Crippen LogP contribution in [0.2, 0.25) is 0 Å². The second kappa shape index (κ2) is 10.3. The van der Waals surface area contributed by atoms with Crippen LogP contribution in [0.25, 0.3) is 0 Å². The predicted octanol–water partition coefficient (Wildman–Crippen LogP) is 5.35. The van der Waals surface area contributed by atoms with E-state index in [9.17, 15) is 9.50 Å². The van der Waals surface area contributed by atoms with Crippen LogP contribution in [-0.2, 0) is 23.5 Å². The van der Waals surface area contributed by atoms with Crippen molar-refractivity contribution in [3.05, 3.63) is 83.3 Å². The number of hydrogen-bond donors (Lipinski definition) is 1. The topological polar surface area (TPSA) is 68.4 Å². The van der Waals surface area contributed by atoms with Crippen LogP contribution < -0.4 is 0 Å². The second-order valence-corrected chi connectivity index (χ2v) is 11.4. The van der Waals surface area contributed by atoms with Crippen molar-refractivity contribution in [3.8, 4) is 0 Å². The first-order chi connectivity index (χ1) is 18.0. The molecule has 37 heavy (non-hydrogen) atoms. The molecule has 3 aromatic rings. The summed E-state index contributed by atoms with van der Waals surface area (Å²) in [5.74, 6) is 1.41. The summed E-state index contributed by atoms with van der Waals surface area (Å²) in [5, 5.41) is 16.5. The van der Waals surface area contributed by atoms with Crippen LogP contribution in [0.1, 0.15) is 67.8 Å². The van der Waals surface area contributed by atoms with Crippen molar-refractivity contribution in [2.75, 3.05) is 19.6 Å². The van der Waals surface area contributed by atoms with Crippen LogP contribution >= 0.6 is 0 Å². The van der Waals surface area contributed by atoms with E-state index in [1.54, 1.807) is 12.1 Å². The summed E-state index contributed by atoms with van der Waals surface area (Å²) in [5.41, 5.74) is 0.599. The number of aliphatic hydroxyl groups is 1. The first-order valence-electron chi connectivity index (χ1n) is 13.9. The molecule has 4 heterocycles. The third-order valence-corrected chi connectivity index (χ3v) is 9.11. The van der Waals surface area contributed by atoms with Crippen molar-refractivity contribution in [1.82, 2.24) is 10.1 Å². The Kier molecular flexibility index (Phi) is 6.86. The van der Waals surface area contributed by atoms with Gasteiger partial charge in [-0.1, -0.05) is 66.9 Å². The molecule has 4 fully saturated rings. The van der Waals surface area contributed by atoms with Gasteiger partial charge in [-0.3, -0.25) is 0 Å². The number of halogens is 1. The number of benzene rings is 2. The van der Waals surface area contributed by atoms with Crippen molar-refractivity contribution in [1.29, 1.82) is 0 Å². The average Bonchev–Trinajstić information content (AvgIpc) is 3.42. The van der Waals surface area contributed by atoms with Crippen LogP contribution in [0.15, 0.2) is 59.1 Å². The third kappa shape index (κ3) is 4.97. The number of quaternary nitrogens is 1. The van der Waals surface area contributed by atoms with E-state index in [2.05, 4.69) is 5.16 Å². The minimum atomic E-state index is -1.24. The van der Waals surface area contributed by atoms with E-state index in [4.69, 9.17) is 14.2 Å². The molecule has 7 heteroatoms. The lowest BCUT2D eigenvalue weighted by Gasteiger charge is -2.51. The van der Waals surface area contributed by atoms with Gasteiger partial charge in [-0.15, -0.1) is 0 Å². The third-order valence-electron chi connectivity index (χ3n) is 9.11. The smallest absolute Gasteiger partial charge is 0.282 e. The van der Waals surface area contributed by atoms with Gasteiger partial charge in [0.1, 0.15) is 18.5 Å². The Hall–Kier alpha value is -2.61. The predicted molar refractivity (Wildman–Crippen MR) is 137 cm³/mol. The van der Waals surface area contributed by atoms with E-state index in [0.717, 1.165) is 73.8 Å².